The first-order chi connectivity index (χ1) is 19.3. The Bertz CT molecular complexity index is 1650. The van der Waals surface area contributed by atoms with E-state index >= 15 is 0 Å². The summed E-state index contributed by atoms with van der Waals surface area (Å²) in [6.45, 7) is 0.507. The average Bonchev–Trinajstić information content (AvgIpc) is 3.33. The minimum atomic E-state index is -4.05. The fourth-order valence-corrected chi connectivity index (χ4v) is 7.98. The van der Waals surface area contributed by atoms with Crippen LogP contribution in [0.25, 0.3) is 10.4 Å². The molecule has 41 heavy (non-hydrogen) atoms. The van der Waals surface area contributed by atoms with Crippen molar-refractivity contribution in [1.29, 1.82) is 0 Å². The number of nitrogens with one attached hydrogen (secondary N) is 2. The molecule has 1 saturated heterocycles. The number of benzene rings is 2. The quantitative estimate of drug-likeness (QED) is 0.234. The Labute approximate surface area is 241 Å². The van der Waals surface area contributed by atoms with Crippen LogP contribution in [-0.4, -0.2) is 71.0 Å². The Morgan fingerprint density at radius 2 is 1.76 bits per heavy atom. The number of hydrogen-bond acceptors (Lipinski definition) is 9. The van der Waals surface area contributed by atoms with Crippen LogP contribution in [0.1, 0.15) is 28.1 Å². The van der Waals surface area contributed by atoms with Gasteiger partial charge in [-0.1, -0.05) is 30.3 Å². The van der Waals surface area contributed by atoms with Crippen molar-refractivity contribution in [2.45, 2.75) is 24.6 Å². The van der Waals surface area contributed by atoms with Gasteiger partial charge in [-0.15, -0.1) is 11.3 Å². The van der Waals surface area contributed by atoms with Crippen LogP contribution < -0.4 is 19.1 Å². The zero-order chi connectivity index (χ0) is 29.8. The molecule has 1 fully saturated rings. The van der Waals surface area contributed by atoms with E-state index in [0.717, 1.165) is 17.6 Å². The van der Waals surface area contributed by atoms with E-state index in [4.69, 9.17) is 9.84 Å². The van der Waals surface area contributed by atoms with Crippen LogP contribution in [0.3, 0.4) is 0 Å². The standard InChI is InChI=1S/C26H29N3O9S3/c1-40(34,35)28-21-8-3-2-5-18(21)16-41(36,37)29(19-9-11-27-12-10-19)20-7-4-6-17(13-20)23-14-22(38-15-24(30)31)25(39-23)26(32)33/h2-8,13-14,19,27-28H,9-12,15-16H2,1H3,(H,30,31)(H,32,33). The average molecular weight is 624 g/mol. The highest BCUT2D eigenvalue weighted by Crippen LogP contribution is 2.39. The number of ether oxygens (including phenoxy) is 1. The maximum atomic E-state index is 14.0. The van der Waals surface area contributed by atoms with Crippen molar-refractivity contribution in [3.8, 4) is 16.2 Å². The molecule has 0 amide bonds. The molecule has 0 spiro atoms. The van der Waals surface area contributed by atoms with Gasteiger partial charge in [0.15, 0.2) is 11.5 Å². The van der Waals surface area contributed by atoms with Crippen LogP contribution in [0.4, 0.5) is 11.4 Å². The van der Waals surface area contributed by atoms with Gasteiger partial charge in [0.2, 0.25) is 20.0 Å². The van der Waals surface area contributed by atoms with Gasteiger partial charge >= 0.3 is 11.9 Å². The second-order valence-electron chi connectivity index (χ2n) is 9.41. The number of anilines is 2. The molecule has 2 aromatic carbocycles. The summed E-state index contributed by atoms with van der Waals surface area (Å²) in [6.07, 6.45) is 2.08. The molecule has 0 unspecified atom stereocenters. The minimum Gasteiger partial charge on any atom is -0.480 e. The Hall–Kier alpha value is -3.66. The predicted octanol–water partition coefficient (Wildman–Crippen LogP) is 3.04. The highest BCUT2D eigenvalue weighted by molar-refractivity contribution is 7.92. The number of nitrogens with zero attached hydrogens (tertiary/aromatic N) is 1. The number of carboxylic acids is 2. The number of piperidine rings is 1. The van der Waals surface area contributed by atoms with Gasteiger partial charge in [-0.2, -0.15) is 0 Å². The molecule has 1 aromatic heterocycles. The van der Waals surface area contributed by atoms with Gasteiger partial charge in [-0.3, -0.25) is 9.03 Å². The second-order valence-corrected chi connectivity index (χ2v) is 14.1. The van der Waals surface area contributed by atoms with Crippen molar-refractivity contribution in [2.24, 2.45) is 0 Å². The Kier molecular flexibility index (Phi) is 9.21. The van der Waals surface area contributed by atoms with Crippen LogP contribution in [0.2, 0.25) is 0 Å². The summed E-state index contributed by atoms with van der Waals surface area (Å²) in [4.78, 5) is 23.0. The van der Waals surface area contributed by atoms with E-state index in [1.807, 2.05) is 0 Å². The molecular formula is C26H29N3O9S3. The van der Waals surface area contributed by atoms with Crippen molar-refractivity contribution in [3.63, 3.8) is 0 Å². The van der Waals surface area contributed by atoms with Crippen LogP contribution in [0, 0.1) is 0 Å². The molecule has 0 aliphatic carbocycles. The number of sulfonamides is 2. The van der Waals surface area contributed by atoms with E-state index < -0.39 is 44.3 Å². The third-order valence-corrected chi connectivity index (χ3v) is 9.75. The fourth-order valence-electron chi connectivity index (χ4n) is 4.56. The van der Waals surface area contributed by atoms with Crippen molar-refractivity contribution in [2.75, 3.05) is 35.0 Å². The molecule has 0 radical (unpaired) electrons. The molecular weight excluding hydrogens is 594 g/mol. The van der Waals surface area contributed by atoms with Crippen molar-refractivity contribution in [1.82, 2.24) is 5.32 Å². The third-order valence-electron chi connectivity index (χ3n) is 6.22. The fraction of sp³-hybridized carbons (Fsp3) is 0.308. The Balaban J connectivity index is 1.74. The number of carboxylic acid groups (broad SMARTS) is 2. The van der Waals surface area contributed by atoms with E-state index in [1.165, 1.54) is 16.4 Å². The lowest BCUT2D eigenvalue weighted by molar-refractivity contribution is -0.139. The highest BCUT2D eigenvalue weighted by atomic mass is 32.2. The topological polar surface area (TPSA) is 179 Å². The first-order valence-electron chi connectivity index (χ1n) is 12.4. The van der Waals surface area contributed by atoms with Crippen LogP contribution in [0.5, 0.6) is 5.75 Å². The summed E-state index contributed by atoms with van der Waals surface area (Å²) in [5.41, 5.74) is 1.35. The molecule has 4 rings (SSSR count). The smallest absolute Gasteiger partial charge is 0.349 e. The normalized spacial score (nSPS) is 14.4. The number of aliphatic carboxylic acids is 1. The van der Waals surface area contributed by atoms with Crippen molar-refractivity contribution in [3.05, 3.63) is 65.0 Å². The van der Waals surface area contributed by atoms with Gasteiger partial charge < -0.3 is 20.3 Å². The Morgan fingerprint density at radius 3 is 2.41 bits per heavy atom. The second kappa shape index (κ2) is 12.5. The monoisotopic (exact) mass is 623 g/mol. The van der Waals surface area contributed by atoms with E-state index in [9.17, 15) is 31.5 Å². The van der Waals surface area contributed by atoms with Crippen LogP contribution >= 0.6 is 11.3 Å². The van der Waals surface area contributed by atoms with E-state index in [2.05, 4.69) is 10.0 Å². The van der Waals surface area contributed by atoms with Gasteiger partial charge in [-0.05, 0) is 61.3 Å². The number of para-hydroxylation sites is 1. The molecule has 1 aliphatic heterocycles. The number of thiophene rings is 1. The molecule has 4 N–H and O–H groups in total. The van der Waals surface area contributed by atoms with Gasteiger partial charge in [0.25, 0.3) is 0 Å². The molecule has 1 aliphatic rings. The Morgan fingerprint density at radius 1 is 1.05 bits per heavy atom. The number of aromatic carboxylic acids is 1. The largest absolute Gasteiger partial charge is 0.480 e. The lowest BCUT2D eigenvalue weighted by Crippen LogP contribution is -2.46. The maximum Gasteiger partial charge on any atom is 0.349 e. The molecule has 3 aromatic rings. The molecule has 0 atom stereocenters. The summed E-state index contributed by atoms with van der Waals surface area (Å²) in [6, 6.07) is 14.0. The summed E-state index contributed by atoms with van der Waals surface area (Å²) < 4.78 is 60.8. The molecule has 15 heteroatoms. The predicted molar refractivity (Wildman–Crippen MR) is 156 cm³/mol. The third kappa shape index (κ3) is 7.75. The minimum absolute atomic E-state index is 0.0943. The van der Waals surface area contributed by atoms with Crippen molar-refractivity contribution >= 4 is 54.7 Å². The van der Waals surface area contributed by atoms with E-state index in [-0.39, 0.29) is 27.9 Å². The number of hydrogen-bond donors (Lipinski definition) is 4. The maximum absolute atomic E-state index is 14.0. The van der Waals surface area contributed by atoms with Crippen LogP contribution in [0.15, 0.2) is 54.6 Å². The first kappa shape index (κ1) is 30.3. The molecule has 0 saturated carbocycles. The first-order valence-corrected chi connectivity index (χ1v) is 16.8. The van der Waals surface area contributed by atoms with Gasteiger partial charge in [0.05, 0.1) is 23.4 Å². The zero-order valence-corrected chi connectivity index (χ0v) is 24.4. The van der Waals surface area contributed by atoms with Gasteiger partial charge in [0.1, 0.15) is 5.75 Å². The molecule has 12 nitrogen and oxygen atoms in total. The van der Waals surface area contributed by atoms with Gasteiger partial charge in [0, 0.05) is 10.9 Å². The lowest BCUT2D eigenvalue weighted by Gasteiger charge is -2.35. The molecule has 0 bridgehead atoms. The summed E-state index contributed by atoms with van der Waals surface area (Å²) in [5.74, 6) is -3.09. The molecule has 220 valence electrons. The SMILES string of the molecule is CS(=O)(=O)Nc1ccccc1CS(=O)(=O)N(c1cccc(-c2cc(OCC(=O)O)c(C(=O)O)s2)c1)C1CCNCC1. The summed E-state index contributed by atoms with van der Waals surface area (Å²) >= 11 is 0.885. The number of rotatable bonds is 12. The lowest BCUT2D eigenvalue weighted by atomic mass is 10.1. The summed E-state index contributed by atoms with van der Waals surface area (Å²) in [7, 11) is -7.70. The zero-order valence-electron chi connectivity index (χ0n) is 21.9. The summed E-state index contributed by atoms with van der Waals surface area (Å²) in [5, 5.41) is 21.8. The van der Waals surface area contributed by atoms with Gasteiger partial charge in [-0.25, -0.2) is 26.4 Å². The van der Waals surface area contributed by atoms with Crippen molar-refractivity contribution < 1.29 is 41.4 Å². The molecule has 2 heterocycles. The van der Waals surface area contributed by atoms with E-state index in [0.29, 0.717) is 42.1 Å². The highest BCUT2D eigenvalue weighted by Gasteiger charge is 2.32. The van der Waals surface area contributed by atoms with Crippen LogP contribution in [-0.2, 0) is 30.6 Å². The number of carbonyl (C=O) groups is 2. The van der Waals surface area contributed by atoms with E-state index in [1.54, 1.807) is 42.5 Å².